The van der Waals surface area contributed by atoms with Crippen LogP contribution in [0.25, 0.3) is 11.1 Å². The fraction of sp³-hybridized carbons (Fsp3) is 0.188. The number of hydrogen-bond donors (Lipinski definition) is 2. The standard InChI is InChI=1S/C16H14ClNO3/c17-13-4-2-1-3-11(13)10-5-6-15-12(9-10)14(7-8-21-15)18-16(19)20/h1-6,9,14,18H,7-8H2,(H,19,20). The number of ether oxygens (including phenoxy) is 1. The van der Waals surface area contributed by atoms with Gasteiger partial charge in [0, 0.05) is 22.6 Å². The van der Waals surface area contributed by atoms with Crippen molar-refractivity contribution in [1.82, 2.24) is 5.32 Å². The zero-order valence-electron chi connectivity index (χ0n) is 11.2. The van der Waals surface area contributed by atoms with Gasteiger partial charge in [0.15, 0.2) is 0 Å². The third kappa shape index (κ3) is 2.81. The van der Waals surface area contributed by atoms with Crippen LogP contribution < -0.4 is 10.1 Å². The molecule has 1 aliphatic rings. The molecule has 0 aliphatic carbocycles. The van der Waals surface area contributed by atoms with Gasteiger partial charge in [0.25, 0.3) is 0 Å². The Morgan fingerprint density at radius 2 is 2.10 bits per heavy atom. The number of carboxylic acid groups (broad SMARTS) is 1. The van der Waals surface area contributed by atoms with Gasteiger partial charge in [-0.25, -0.2) is 4.79 Å². The SMILES string of the molecule is O=C(O)NC1CCOc2ccc(-c3ccccc3Cl)cc21. The van der Waals surface area contributed by atoms with Crippen molar-refractivity contribution in [2.24, 2.45) is 0 Å². The Hall–Kier alpha value is -2.20. The average molecular weight is 304 g/mol. The van der Waals surface area contributed by atoms with Gasteiger partial charge < -0.3 is 15.2 Å². The summed E-state index contributed by atoms with van der Waals surface area (Å²) in [5.41, 5.74) is 2.71. The Morgan fingerprint density at radius 1 is 1.29 bits per heavy atom. The second-order valence-corrected chi connectivity index (χ2v) is 5.28. The lowest BCUT2D eigenvalue weighted by molar-refractivity contribution is 0.182. The lowest BCUT2D eigenvalue weighted by atomic mass is 9.95. The summed E-state index contributed by atoms with van der Waals surface area (Å²) in [5.74, 6) is 0.718. The summed E-state index contributed by atoms with van der Waals surface area (Å²) in [6.07, 6.45) is -0.415. The number of nitrogens with one attached hydrogen (secondary N) is 1. The van der Waals surface area contributed by atoms with Crippen LogP contribution in [0.2, 0.25) is 5.02 Å². The third-order valence-electron chi connectivity index (χ3n) is 3.53. The minimum Gasteiger partial charge on any atom is -0.493 e. The summed E-state index contributed by atoms with van der Waals surface area (Å²) in [6.45, 7) is 0.503. The maximum Gasteiger partial charge on any atom is 0.405 e. The van der Waals surface area contributed by atoms with Gasteiger partial charge in [-0.2, -0.15) is 0 Å². The first-order valence-corrected chi connectivity index (χ1v) is 7.04. The van der Waals surface area contributed by atoms with E-state index < -0.39 is 6.09 Å². The number of benzene rings is 2. The monoisotopic (exact) mass is 303 g/mol. The lowest BCUT2D eigenvalue weighted by Gasteiger charge is -2.26. The summed E-state index contributed by atoms with van der Waals surface area (Å²) in [7, 11) is 0. The molecule has 0 saturated carbocycles. The molecule has 1 aliphatic heterocycles. The first-order chi connectivity index (χ1) is 10.1. The summed E-state index contributed by atoms with van der Waals surface area (Å²) >= 11 is 6.22. The Balaban J connectivity index is 2.03. The largest absolute Gasteiger partial charge is 0.493 e. The third-order valence-corrected chi connectivity index (χ3v) is 3.86. The molecule has 1 atom stereocenters. The highest BCUT2D eigenvalue weighted by atomic mass is 35.5. The molecule has 0 aromatic heterocycles. The van der Waals surface area contributed by atoms with Crippen LogP contribution in [-0.4, -0.2) is 17.8 Å². The van der Waals surface area contributed by atoms with E-state index >= 15 is 0 Å². The predicted octanol–water partition coefficient (Wildman–Crippen LogP) is 4.10. The lowest BCUT2D eigenvalue weighted by Crippen LogP contribution is -2.30. The molecule has 1 amide bonds. The van der Waals surface area contributed by atoms with Crippen molar-refractivity contribution >= 4 is 17.7 Å². The molecule has 4 nitrogen and oxygen atoms in total. The molecule has 0 spiro atoms. The van der Waals surface area contributed by atoms with Crippen LogP contribution in [-0.2, 0) is 0 Å². The van der Waals surface area contributed by atoms with Crippen molar-refractivity contribution in [3.8, 4) is 16.9 Å². The summed E-state index contributed by atoms with van der Waals surface area (Å²) in [4.78, 5) is 10.9. The van der Waals surface area contributed by atoms with E-state index in [0.29, 0.717) is 18.1 Å². The minimum atomic E-state index is -1.03. The predicted molar refractivity (Wildman–Crippen MR) is 80.9 cm³/mol. The summed E-state index contributed by atoms with van der Waals surface area (Å²) < 4.78 is 5.59. The van der Waals surface area contributed by atoms with E-state index in [4.69, 9.17) is 21.4 Å². The molecular formula is C16H14ClNO3. The number of fused-ring (bicyclic) bond motifs is 1. The Labute approximate surface area is 127 Å². The van der Waals surface area contributed by atoms with E-state index in [1.54, 1.807) is 0 Å². The quantitative estimate of drug-likeness (QED) is 0.878. The zero-order chi connectivity index (χ0) is 14.8. The van der Waals surface area contributed by atoms with Gasteiger partial charge in [0.05, 0.1) is 12.6 Å². The minimum absolute atomic E-state index is 0.256. The van der Waals surface area contributed by atoms with Crippen molar-refractivity contribution in [2.45, 2.75) is 12.5 Å². The second-order valence-electron chi connectivity index (χ2n) is 4.87. The highest BCUT2D eigenvalue weighted by Gasteiger charge is 2.23. The maximum absolute atomic E-state index is 10.9. The molecule has 5 heteroatoms. The molecule has 2 aromatic rings. The number of amides is 1. The molecule has 0 radical (unpaired) electrons. The van der Waals surface area contributed by atoms with Crippen LogP contribution in [0.15, 0.2) is 42.5 Å². The number of hydrogen-bond acceptors (Lipinski definition) is 2. The van der Waals surface area contributed by atoms with Gasteiger partial charge in [-0.05, 0) is 23.8 Å². The average Bonchev–Trinajstić information content (AvgIpc) is 2.47. The molecule has 2 aromatic carbocycles. The van der Waals surface area contributed by atoms with Gasteiger partial charge >= 0.3 is 6.09 Å². The van der Waals surface area contributed by atoms with Crippen LogP contribution in [0.4, 0.5) is 4.79 Å². The van der Waals surface area contributed by atoms with E-state index in [0.717, 1.165) is 22.4 Å². The normalized spacial score (nSPS) is 16.7. The second kappa shape index (κ2) is 5.66. The fourth-order valence-corrected chi connectivity index (χ4v) is 2.80. The zero-order valence-corrected chi connectivity index (χ0v) is 11.9. The topological polar surface area (TPSA) is 58.6 Å². The maximum atomic E-state index is 10.9. The Kier molecular flexibility index (Phi) is 3.71. The number of halogens is 1. The molecule has 1 heterocycles. The first-order valence-electron chi connectivity index (χ1n) is 6.66. The molecule has 21 heavy (non-hydrogen) atoms. The van der Waals surface area contributed by atoms with Crippen molar-refractivity contribution in [2.75, 3.05) is 6.61 Å². The highest BCUT2D eigenvalue weighted by molar-refractivity contribution is 6.33. The van der Waals surface area contributed by atoms with Crippen LogP contribution in [0.3, 0.4) is 0 Å². The summed E-state index contributed by atoms with van der Waals surface area (Å²) in [5, 5.41) is 12.1. The van der Waals surface area contributed by atoms with Gasteiger partial charge in [0.2, 0.25) is 0 Å². The van der Waals surface area contributed by atoms with E-state index in [1.807, 2.05) is 42.5 Å². The molecule has 0 bridgehead atoms. The van der Waals surface area contributed by atoms with E-state index in [2.05, 4.69) is 5.32 Å². The van der Waals surface area contributed by atoms with Crippen molar-refractivity contribution in [3.05, 3.63) is 53.1 Å². The Bertz CT molecular complexity index is 687. The van der Waals surface area contributed by atoms with E-state index in [9.17, 15) is 4.79 Å². The van der Waals surface area contributed by atoms with Gasteiger partial charge in [0.1, 0.15) is 5.75 Å². The van der Waals surface area contributed by atoms with Gasteiger partial charge in [-0.15, -0.1) is 0 Å². The van der Waals surface area contributed by atoms with Crippen LogP contribution in [0.1, 0.15) is 18.0 Å². The van der Waals surface area contributed by atoms with Crippen LogP contribution in [0.5, 0.6) is 5.75 Å². The number of carbonyl (C=O) groups is 1. The Morgan fingerprint density at radius 3 is 2.86 bits per heavy atom. The van der Waals surface area contributed by atoms with E-state index in [1.165, 1.54) is 0 Å². The summed E-state index contributed by atoms with van der Waals surface area (Å²) in [6, 6.07) is 13.1. The highest BCUT2D eigenvalue weighted by Crippen LogP contribution is 2.37. The number of rotatable bonds is 2. The molecule has 0 fully saturated rings. The van der Waals surface area contributed by atoms with Crippen molar-refractivity contribution in [3.63, 3.8) is 0 Å². The molecular weight excluding hydrogens is 290 g/mol. The van der Waals surface area contributed by atoms with Crippen molar-refractivity contribution in [1.29, 1.82) is 0 Å². The van der Waals surface area contributed by atoms with Gasteiger partial charge in [-0.3, -0.25) is 0 Å². The molecule has 3 rings (SSSR count). The van der Waals surface area contributed by atoms with Crippen molar-refractivity contribution < 1.29 is 14.6 Å². The van der Waals surface area contributed by atoms with Gasteiger partial charge in [-0.1, -0.05) is 35.9 Å². The van der Waals surface area contributed by atoms with Crippen LogP contribution >= 0.6 is 11.6 Å². The fourth-order valence-electron chi connectivity index (χ4n) is 2.56. The van der Waals surface area contributed by atoms with Crippen LogP contribution in [0, 0.1) is 0 Å². The molecule has 2 N–H and O–H groups in total. The van der Waals surface area contributed by atoms with E-state index in [-0.39, 0.29) is 6.04 Å². The first kappa shape index (κ1) is 13.8. The molecule has 0 saturated heterocycles. The molecule has 108 valence electrons. The smallest absolute Gasteiger partial charge is 0.405 e. The molecule has 1 unspecified atom stereocenters.